The van der Waals surface area contributed by atoms with Crippen LogP contribution in [0, 0.1) is 11.8 Å². The molecule has 4 aromatic rings. The number of anilines is 2. The number of hydrogen-bond donors (Lipinski definition) is 4. The van der Waals surface area contributed by atoms with Gasteiger partial charge in [-0.05, 0) is 73.9 Å². The lowest BCUT2D eigenvalue weighted by Crippen LogP contribution is -2.54. The maximum atomic E-state index is 13.8. The highest BCUT2D eigenvalue weighted by Crippen LogP contribution is 2.45. The molecule has 61 heavy (non-hydrogen) atoms. The normalized spacial score (nSPS) is 19.0. The third-order valence-electron chi connectivity index (χ3n) is 11.6. The molecule has 0 bridgehead atoms. The van der Waals surface area contributed by atoms with Crippen molar-refractivity contribution in [2.45, 2.75) is 83.8 Å². The molecule has 0 saturated carbocycles. The molecule has 4 heterocycles. The number of carbonyl (C=O) groups is 6. The number of hydrogen-bond acceptors (Lipinski definition) is 9. The van der Waals surface area contributed by atoms with Crippen LogP contribution in [0.4, 0.5) is 21.0 Å². The maximum Gasteiger partial charge on any atom is 0.407 e. The highest BCUT2D eigenvalue weighted by Gasteiger charge is 2.41. The molecule has 3 aromatic carbocycles. The van der Waals surface area contributed by atoms with Gasteiger partial charge in [0.2, 0.25) is 29.9 Å². The standard InChI is InChI=1S/C45H53N7O9/c1-25(2)37(48-44(57)59-5)41(55)50-20-10-14-33(50)39(53)46-29-17-19-32-28(22-29)23-35-31-18-16-30(24-36(31)61-43(52(32)35)27-12-8-7-9-13-27)47-40(54)34-15-11-21-51(34)42(56)38(26(3)4)49-45(58)60-6/h7-9,12-13,16-19,22-26,33-34,37-38,43H,10-11,14-15,20-21H2,1-6H3,(H,46,53)(H,47,54)(H,48,57)(H,49,58)/t33-,34-,37-,38-,43+/m0/s1. The summed E-state index contributed by atoms with van der Waals surface area (Å²) in [5.41, 5.74) is 4.47. The minimum absolute atomic E-state index is 0.222. The Kier molecular flexibility index (Phi) is 12.5. The van der Waals surface area contributed by atoms with E-state index in [2.05, 4.69) is 25.8 Å². The van der Waals surface area contributed by atoms with Crippen molar-refractivity contribution in [2.24, 2.45) is 11.8 Å². The van der Waals surface area contributed by atoms with Gasteiger partial charge >= 0.3 is 12.2 Å². The summed E-state index contributed by atoms with van der Waals surface area (Å²) >= 11 is 0. The molecule has 2 saturated heterocycles. The van der Waals surface area contributed by atoms with Crippen LogP contribution in [0.25, 0.3) is 22.2 Å². The average Bonchev–Trinajstić information content (AvgIpc) is 4.03. The molecule has 2 fully saturated rings. The Bertz CT molecular complexity index is 2330. The number of ether oxygens (including phenoxy) is 3. The molecule has 0 radical (unpaired) electrons. The molecule has 3 aliphatic rings. The summed E-state index contributed by atoms with van der Waals surface area (Å²) in [6, 6.07) is 19.8. The van der Waals surface area contributed by atoms with Gasteiger partial charge in [-0.15, -0.1) is 0 Å². The van der Waals surface area contributed by atoms with Crippen LogP contribution in [0.5, 0.6) is 5.75 Å². The zero-order valence-corrected chi connectivity index (χ0v) is 35.2. The van der Waals surface area contributed by atoms with Crippen LogP contribution in [-0.4, -0.2) is 102 Å². The first kappa shape index (κ1) is 42.5. The van der Waals surface area contributed by atoms with Gasteiger partial charge in [0, 0.05) is 47.0 Å². The molecule has 16 nitrogen and oxygen atoms in total. The summed E-state index contributed by atoms with van der Waals surface area (Å²) in [6.07, 6.45) is 0.263. The zero-order valence-electron chi connectivity index (χ0n) is 35.2. The summed E-state index contributed by atoms with van der Waals surface area (Å²) in [6.45, 7) is 8.08. The van der Waals surface area contributed by atoms with Crippen LogP contribution in [0.15, 0.2) is 72.8 Å². The second-order valence-electron chi connectivity index (χ2n) is 16.3. The van der Waals surface area contributed by atoms with Crippen molar-refractivity contribution in [1.82, 2.24) is 25.0 Å². The van der Waals surface area contributed by atoms with E-state index in [0.29, 0.717) is 55.9 Å². The van der Waals surface area contributed by atoms with Crippen molar-refractivity contribution in [3.05, 3.63) is 78.4 Å². The van der Waals surface area contributed by atoms with Crippen LogP contribution in [0.2, 0.25) is 0 Å². The molecule has 1 aromatic heterocycles. The van der Waals surface area contributed by atoms with E-state index >= 15 is 0 Å². The van der Waals surface area contributed by atoms with E-state index in [-0.39, 0.29) is 35.5 Å². The lowest BCUT2D eigenvalue weighted by molar-refractivity contribution is -0.139. The average molecular weight is 836 g/mol. The molecule has 322 valence electrons. The van der Waals surface area contributed by atoms with Gasteiger partial charge in [0.25, 0.3) is 0 Å². The molecule has 0 aliphatic carbocycles. The van der Waals surface area contributed by atoms with E-state index in [4.69, 9.17) is 14.2 Å². The van der Waals surface area contributed by atoms with Crippen molar-refractivity contribution < 1.29 is 43.0 Å². The van der Waals surface area contributed by atoms with Crippen molar-refractivity contribution in [3.63, 3.8) is 0 Å². The number of nitrogens with zero attached hydrogens (tertiary/aromatic N) is 3. The quantitative estimate of drug-likeness (QED) is 0.143. The van der Waals surface area contributed by atoms with Gasteiger partial charge in [0.1, 0.15) is 29.9 Å². The van der Waals surface area contributed by atoms with E-state index in [1.165, 1.54) is 24.0 Å². The van der Waals surface area contributed by atoms with Crippen molar-refractivity contribution >= 4 is 58.1 Å². The Morgan fingerprint density at radius 2 is 1.20 bits per heavy atom. The van der Waals surface area contributed by atoms with Crippen molar-refractivity contribution in [1.29, 1.82) is 0 Å². The minimum atomic E-state index is -0.846. The maximum absolute atomic E-state index is 13.8. The molecular weight excluding hydrogens is 783 g/mol. The summed E-state index contributed by atoms with van der Waals surface area (Å²) in [4.78, 5) is 81.9. The predicted octanol–water partition coefficient (Wildman–Crippen LogP) is 5.87. The number of methoxy groups -OCH3 is 2. The third-order valence-corrected chi connectivity index (χ3v) is 11.6. The number of likely N-dealkylation sites (tertiary alicyclic amines) is 2. The Labute approximate surface area is 354 Å². The van der Waals surface area contributed by atoms with Gasteiger partial charge in [0.15, 0.2) is 0 Å². The van der Waals surface area contributed by atoms with Gasteiger partial charge < -0.3 is 49.8 Å². The van der Waals surface area contributed by atoms with Gasteiger partial charge in [0.05, 0.1) is 25.4 Å². The highest BCUT2D eigenvalue weighted by atomic mass is 16.5. The van der Waals surface area contributed by atoms with Crippen molar-refractivity contribution in [2.75, 3.05) is 37.9 Å². The largest absolute Gasteiger partial charge is 0.465 e. The number of benzene rings is 3. The third kappa shape index (κ3) is 8.70. The number of alkyl carbamates (subject to hydrolysis) is 2. The smallest absolute Gasteiger partial charge is 0.407 e. The zero-order chi connectivity index (χ0) is 43.5. The van der Waals surface area contributed by atoms with E-state index in [1.807, 2.05) is 88.4 Å². The first-order valence-corrected chi connectivity index (χ1v) is 20.7. The second kappa shape index (κ2) is 18.0. The van der Waals surface area contributed by atoms with Crippen LogP contribution in [-0.2, 0) is 28.7 Å². The fourth-order valence-electron chi connectivity index (χ4n) is 8.50. The molecule has 3 aliphatic heterocycles. The molecule has 16 heteroatoms. The molecule has 6 amide bonds. The van der Waals surface area contributed by atoms with Crippen LogP contribution in [0.3, 0.4) is 0 Å². The van der Waals surface area contributed by atoms with Gasteiger partial charge in [-0.25, -0.2) is 9.59 Å². The molecular formula is C45H53N7O9. The first-order chi connectivity index (χ1) is 29.3. The Morgan fingerprint density at radius 1 is 0.672 bits per heavy atom. The van der Waals surface area contributed by atoms with E-state index in [1.54, 1.807) is 12.1 Å². The second-order valence-corrected chi connectivity index (χ2v) is 16.3. The number of rotatable bonds is 11. The van der Waals surface area contributed by atoms with Gasteiger partial charge in [-0.2, -0.15) is 0 Å². The summed E-state index contributed by atoms with van der Waals surface area (Å²) < 4.78 is 18.3. The number of nitrogens with one attached hydrogen (secondary N) is 4. The van der Waals surface area contributed by atoms with Gasteiger partial charge in [-0.1, -0.05) is 58.0 Å². The molecule has 5 atom stereocenters. The Balaban J connectivity index is 1.13. The Hall–Kier alpha value is -6.58. The summed E-state index contributed by atoms with van der Waals surface area (Å²) in [7, 11) is 2.48. The van der Waals surface area contributed by atoms with Crippen LogP contribution < -0.4 is 26.0 Å². The number of amides is 6. The SMILES string of the molecule is COC(=O)N[C@H](C(=O)N1CCC[C@H]1C(=O)Nc1ccc2c(c1)O[C@H](c1ccccc1)n1c-2cc2cc(NC(=O)[C@@H]3CCCN3C(=O)[C@@H](NC(=O)OC)C(C)C)ccc21)C(C)C. The Morgan fingerprint density at radius 3 is 1.72 bits per heavy atom. The van der Waals surface area contributed by atoms with E-state index in [9.17, 15) is 28.8 Å². The number of carbonyl (C=O) groups excluding carboxylic acids is 6. The van der Waals surface area contributed by atoms with Crippen LogP contribution in [0.1, 0.15) is 65.2 Å². The van der Waals surface area contributed by atoms with Crippen LogP contribution >= 0.6 is 0 Å². The fraction of sp³-hybridized carbons (Fsp3) is 0.422. The van der Waals surface area contributed by atoms with E-state index in [0.717, 1.165) is 27.7 Å². The molecule has 7 rings (SSSR count). The minimum Gasteiger partial charge on any atom is -0.465 e. The summed E-state index contributed by atoms with van der Waals surface area (Å²) in [5, 5.41) is 12.1. The van der Waals surface area contributed by atoms with E-state index < -0.39 is 42.6 Å². The molecule has 4 N–H and O–H groups in total. The highest BCUT2D eigenvalue weighted by molar-refractivity contribution is 6.02. The monoisotopic (exact) mass is 835 g/mol. The van der Waals surface area contributed by atoms with Gasteiger partial charge in [-0.3, -0.25) is 19.2 Å². The predicted molar refractivity (Wildman–Crippen MR) is 228 cm³/mol. The topological polar surface area (TPSA) is 190 Å². The first-order valence-electron chi connectivity index (χ1n) is 20.7. The van der Waals surface area contributed by atoms with Crippen molar-refractivity contribution in [3.8, 4) is 17.0 Å². The lowest BCUT2D eigenvalue weighted by Gasteiger charge is -2.31. The fourth-order valence-corrected chi connectivity index (χ4v) is 8.50. The lowest BCUT2D eigenvalue weighted by atomic mass is 10.0. The summed E-state index contributed by atoms with van der Waals surface area (Å²) in [5.74, 6) is -1.23. The molecule has 0 spiro atoms. The number of aromatic nitrogens is 1. The number of fused-ring (bicyclic) bond motifs is 5. The molecule has 0 unspecified atom stereocenters.